The van der Waals surface area contributed by atoms with E-state index in [1.54, 1.807) is 0 Å². The highest BCUT2D eigenvalue weighted by Gasteiger charge is 2.51. The lowest BCUT2D eigenvalue weighted by molar-refractivity contribution is -0.175. The number of hydrogen-bond donors (Lipinski definition) is 0. The van der Waals surface area contributed by atoms with Crippen molar-refractivity contribution in [2.45, 2.75) is 274 Å². The van der Waals surface area contributed by atoms with Gasteiger partial charge in [-0.3, -0.25) is 19.2 Å². The van der Waals surface area contributed by atoms with E-state index in [1.807, 2.05) is 0 Å². The molecule has 4 unspecified atom stereocenters. The molecule has 0 aromatic rings. The highest BCUT2D eigenvalue weighted by Crippen LogP contribution is 2.41. The summed E-state index contributed by atoms with van der Waals surface area (Å²) in [6, 6.07) is 0. The zero-order chi connectivity index (χ0) is 48.6. The number of esters is 4. The third-order valence-electron chi connectivity index (χ3n) is 13.9. The Morgan fingerprint density at radius 2 is 0.424 bits per heavy atom. The molecule has 0 saturated heterocycles. The first-order valence-corrected chi connectivity index (χ1v) is 28.5. The molecule has 1 fully saturated rings. The molecule has 8 heteroatoms. The van der Waals surface area contributed by atoms with Gasteiger partial charge >= 0.3 is 23.9 Å². The normalized spacial score (nSPS) is 17.5. The molecule has 0 N–H and O–H groups in total. The van der Waals surface area contributed by atoms with Crippen molar-refractivity contribution in [1.29, 1.82) is 0 Å². The van der Waals surface area contributed by atoms with Crippen LogP contribution in [0.3, 0.4) is 0 Å². The average Bonchev–Trinajstić information content (AvgIpc) is 3.27. The zero-order valence-electron chi connectivity index (χ0n) is 44.8. The van der Waals surface area contributed by atoms with Crippen LogP contribution in [0.25, 0.3) is 0 Å². The maximum absolute atomic E-state index is 13.9. The van der Waals surface area contributed by atoms with Crippen LogP contribution in [0.15, 0.2) is 0 Å². The Kier molecular flexibility index (Phi) is 39.2. The van der Waals surface area contributed by atoms with Gasteiger partial charge in [-0.25, -0.2) is 0 Å². The van der Waals surface area contributed by atoms with Gasteiger partial charge in [-0.05, 0) is 62.2 Å². The van der Waals surface area contributed by atoms with Crippen LogP contribution >= 0.6 is 0 Å². The highest BCUT2D eigenvalue weighted by atomic mass is 16.5. The summed E-state index contributed by atoms with van der Waals surface area (Å²) in [7, 11) is 0. The summed E-state index contributed by atoms with van der Waals surface area (Å²) < 4.78 is 23.5. The van der Waals surface area contributed by atoms with Gasteiger partial charge in [0.05, 0.1) is 50.1 Å². The first-order chi connectivity index (χ1) is 31.8. The van der Waals surface area contributed by atoms with Crippen LogP contribution in [-0.4, -0.2) is 50.3 Å². The molecule has 0 radical (unpaired) electrons. The van der Waals surface area contributed by atoms with Gasteiger partial charge in [-0.1, -0.05) is 235 Å². The molecule has 0 aromatic carbocycles. The van der Waals surface area contributed by atoms with Crippen molar-refractivity contribution in [1.82, 2.24) is 0 Å². The quantitative estimate of drug-likeness (QED) is 0.0338. The zero-order valence-corrected chi connectivity index (χ0v) is 44.8. The maximum Gasteiger partial charge on any atom is 0.309 e. The lowest BCUT2D eigenvalue weighted by Crippen LogP contribution is -2.46. The minimum atomic E-state index is -0.887. The van der Waals surface area contributed by atoms with Crippen molar-refractivity contribution in [3.63, 3.8) is 0 Å². The number of unbranched alkanes of at least 4 members (excludes halogenated alkanes) is 24. The minimum absolute atomic E-state index is 0.0115. The Morgan fingerprint density at radius 1 is 0.273 bits per heavy atom. The molecule has 8 nitrogen and oxygen atoms in total. The average molecular weight is 933 g/mol. The van der Waals surface area contributed by atoms with Crippen LogP contribution in [0, 0.1) is 47.3 Å². The molecule has 4 atom stereocenters. The molecule has 0 aromatic heterocycles. The van der Waals surface area contributed by atoms with Gasteiger partial charge in [-0.2, -0.15) is 0 Å². The molecule has 1 aliphatic carbocycles. The van der Waals surface area contributed by atoms with E-state index in [0.29, 0.717) is 0 Å². The molecule has 1 aliphatic rings. The van der Waals surface area contributed by atoms with Gasteiger partial charge in [0, 0.05) is 0 Å². The predicted octanol–water partition coefficient (Wildman–Crippen LogP) is 16.5. The van der Waals surface area contributed by atoms with Crippen molar-refractivity contribution in [3.8, 4) is 0 Å². The van der Waals surface area contributed by atoms with E-state index in [2.05, 4.69) is 55.4 Å². The van der Waals surface area contributed by atoms with E-state index in [-0.39, 0.29) is 39.3 Å². The predicted molar refractivity (Wildman–Crippen MR) is 274 cm³/mol. The number of rotatable bonds is 44. The molecule has 66 heavy (non-hydrogen) atoms. The molecule has 1 rings (SSSR count). The number of ether oxygens (including phenoxy) is 4. The van der Waals surface area contributed by atoms with E-state index < -0.39 is 47.5 Å². The van der Waals surface area contributed by atoms with Gasteiger partial charge in [0.1, 0.15) is 0 Å². The fourth-order valence-corrected chi connectivity index (χ4v) is 9.52. The second-order valence-electron chi connectivity index (χ2n) is 22.2. The Labute approximate surface area is 408 Å². The number of hydrogen-bond acceptors (Lipinski definition) is 8. The standard InChI is InChI=1S/C58H108O8/c1-47(2)37-29-21-13-9-17-25-33-41-63-55(59)51-45-53(57(61)65-43-35-27-19-11-15-23-31-39-49(5)6)54(58(62)66-44-36-28-20-12-16-24-32-40-50(7)8)46-52(51)56(60)64-42-34-26-18-10-14-22-30-38-48(3)4/h47-54H,9-46H2,1-8H3. The van der Waals surface area contributed by atoms with Crippen molar-refractivity contribution in [2.75, 3.05) is 26.4 Å². The van der Waals surface area contributed by atoms with E-state index in [1.165, 1.54) is 128 Å². The summed E-state index contributed by atoms with van der Waals surface area (Å²) in [6.45, 7) is 19.3. The molecule has 1 saturated carbocycles. The first-order valence-electron chi connectivity index (χ1n) is 28.5. The Hall–Kier alpha value is -2.12. The van der Waals surface area contributed by atoms with Crippen LogP contribution in [0.5, 0.6) is 0 Å². The molecule has 0 amide bonds. The number of carbonyl (C=O) groups is 4. The van der Waals surface area contributed by atoms with Gasteiger partial charge < -0.3 is 18.9 Å². The lowest BCUT2D eigenvalue weighted by Gasteiger charge is -2.37. The van der Waals surface area contributed by atoms with Gasteiger partial charge in [-0.15, -0.1) is 0 Å². The van der Waals surface area contributed by atoms with Crippen LogP contribution in [-0.2, 0) is 38.1 Å². The molecule has 0 spiro atoms. The second-order valence-corrected chi connectivity index (χ2v) is 22.2. The summed E-state index contributed by atoms with van der Waals surface area (Å²) >= 11 is 0. The van der Waals surface area contributed by atoms with E-state index in [9.17, 15) is 19.2 Å². The summed E-state index contributed by atoms with van der Waals surface area (Å²) in [6.07, 6.45) is 36.3. The topological polar surface area (TPSA) is 105 Å². The molecule has 0 aliphatic heterocycles. The largest absolute Gasteiger partial charge is 0.465 e. The van der Waals surface area contributed by atoms with E-state index in [4.69, 9.17) is 18.9 Å². The fraction of sp³-hybridized carbons (Fsp3) is 0.931. The first kappa shape index (κ1) is 61.9. The maximum atomic E-state index is 13.9. The summed E-state index contributed by atoms with van der Waals surface area (Å²) in [4.78, 5) is 55.7. The molecular weight excluding hydrogens is 825 g/mol. The van der Waals surface area contributed by atoms with Crippen LogP contribution in [0.4, 0.5) is 0 Å². The molecule has 0 heterocycles. The number of carbonyl (C=O) groups excluding carboxylic acids is 4. The van der Waals surface area contributed by atoms with Crippen molar-refractivity contribution in [2.24, 2.45) is 47.3 Å². The molecule has 0 bridgehead atoms. The van der Waals surface area contributed by atoms with E-state index in [0.717, 1.165) is 101 Å². The second kappa shape index (κ2) is 41.8. The van der Waals surface area contributed by atoms with Crippen molar-refractivity contribution in [3.05, 3.63) is 0 Å². The Bertz CT molecular complexity index is 1000. The fourth-order valence-electron chi connectivity index (χ4n) is 9.52. The third-order valence-corrected chi connectivity index (χ3v) is 13.9. The lowest BCUT2D eigenvalue weighted by atomic mass is 9.68. The van der Waals surface area contributed by atoms with E-state index >= 15 is 0 Å². The van der Waals surface area contributed by atoms with Crippen LogP contribution < -0.4 is 0 Å². The van der Waals surface area contributed by atoms with Crippen LogP contribution in [0.1, 0.15) is 274 Å². The summed E-state index contributed by atoms with van der Waals surface area (Å²) in [5.74, 6) is -2.46. The molecule has 388 valence electrons. The smallest absolute Gasteiger partial charge is 0.309 e. The van der Waals surface area contributed by atoms with Gasteiger partial charge in [0.2, 0.25) is 0 Å². The Balaban J connectivity index is 2.95. The van der Waals surface area contributed by atoms with Crippen LogP contribution in [0.2, 0.25) is 0 Å². The molecular formula is C58H108O8. The Morgan fingerprint density at radius 3 is 0.591 bits per heavy atom. The van der Waals surface area contributed by atoms with Gasteiger partial charge in [0.25, 0.3) is 0 Å². The third kappa shape index (κ3) is 34.2. The monoisotopic (exact) mass is 933 g/mol. The summed E-state index contributed by atoms with van der Waals surface area (Å²) in [5, 5.41) is 0. The van der Waals surface area contributed by atoms with Crippen molar-refractivity contribution >= 4 is 23.9 Å². The SMILES string of the molecule is CC(C)CCCCCCCCCOC(=O)C1CC(C(=O)OCCCCCCCCCC(C)C)C(C(=O)OCCCCCCCCCC(C)C)CC1C(=O)OCCCCCCCCCC(C)C. The minimum Gasteiger partial charge on any atom is -0.465 e. The van der Waals surface area contributed by atoms with Crippen molar-refractivity contribution < 1.29 is 38.1 Å². The highest BCUT2D eigenvalue weighted by molar-refractivity contribution is 5.87. The van der Waals surface area contributed by atoms with Gasteiger partial charge in [0.15, 0.2) is 0 Å². The summed E-state index contributed by atoms with van der Waals surface area (Å²) in [5.41, 5.74) is 0.